The Morgan fingerprint density at radius 3 is 2.70 bits per heavy atom. The molecule has 0 amide bonds. The van der Waals surface area contributed by atoms with Gasteiger partial charge in [0.25, 0.3) is 0 Å². The van der Waals surface area contributed by atoms with Crippen molar-refractivity contribution in [1.29, 1.82) is 0 Å². The second kappa shape index (κ2) is 20.2. The highest BCUT2D eigenvalue weighted by Crippen LogP contribution is 2.29. The minimum atomic E-state index is 0.0383. The molecule has 1 aromatic heterocycles. The molecule has 2 unspecified atom stereocenters. The lowest BCUT2D eigenvalue weighted by atomic mass is 9.81. The van der Waals surface area contributed by atoms with Crippen LogP contribution in [0.4, 0.5) is 0 Å². The maximum atomic E-state index is 10.1. The van der Waals surface area contributed by atoms with Crippen molar-refractivity contribution in [3.63, 3.8) is 0 Å². The predicted octanol–water partition coefficient (Wildman–Crippen LogP) is 4.64. The highest BCUT2D eigenvalue weighted by atomic mass is 16.3. The van der Waals surface area contributed by atoms with Crippen molar-refractivity contribution in [2.75, 3.05) is 59.0 Å². The van der Waals surface area contributed by atoms with E-state index in [1.807, 2.05) is 18.3 Å². The van der Waals surface area contributed by atoms with Crippen LogP contribution in [0.15, 0.2) is 95.9 Å². The standard InChI is InChI=1S/C36H56N6O/c1-4-6-12-31(11-5-2)25-35(29-43)41-30-36(3)17-15-32(16-18-36)28-42(23-21-37-26-33-13-7-9-19-39-33)24-22-38-27-34-14-8-10-20-40-34/h5,7-17,19,35,37-38,40-41,43H,4,6,18,20-30H2,1-3H3/b11-5-,31-12+. The Bertz CT molecular complexity index is 1110. The Balaban J connectivity index is 1.49. The van der Waals surface area contributed by atoms with Gasteiger partial charge in [-0.1, -0.05) is 80.5 Å². The van der Waals surface area contributed by atoms with Gasteiger partial charge in [0.15, 0.2) is 0 Å². The Labute approximate surface area is 261 Å². The van der Waals surface area contributed by atoms with Gasteiger partial charge in [0.1, 0.15) is 0 Å². The summed E-state index contributed by atoms with van der Waals surface area (Å²) in [7, 11) is 0. The number of hydrogen-bond acceptors (Lipinski definition) is 7. The number of rotatable bonds is 21. The summed E-state index contributed by atoms with van der Waals surface area (Å²) in [6.07, 6.45) is 26.0. The van der Waals surface area contributed by atoms with E-state index in [1.165, 1.54) is 16.8 Å². The van der Waals surface area contributed by atoms with Crippen molar-refractivity contribution in [3.8, 4) is 0 Å². The highest BCUT2D eigenvalue weighted by molar-refractivity contribution is 5.28. The first-order valence-corrected chi connectivity index (χ1v) is 16.2. The molecule has 2 aliphatic rings. The fourth-order valence-corrected chi connectivity index (χ4v) is 5.25. The fraction of sp³-hybridized carbons (Fsp3) is 0.528. The van der Waals surface area contributed by atoms with Crippen molar-refractivity contribution >= 4 is 0 Å². The molecule has 1 aromatic rings. The van der Waals surface area contributed by atoms with Crippen molar-refractivity contribution in [3.05, 3.63) is 102 Å². The molecule has 0 radical (unpaired) electrons. The van der Waals surface area contributed by atoms with Crippen LogP contribution < -0.4 is 21.3 Å². The number of dihydropyridines is 1. The molecule has 3 rings (SSSR count). The van der Waals surface area contributed by atoms with Crippen LogP contribution in [0.2, 0.25) is 0 Å². The van der Waals surface area contributed by atoms with Crippen LogP contribution in [0.1, 0.15) is 52.1 Å². The van der Waals surface area contributed by atoms with Gasteiger partial charge in [-0.25, -0.2) is 0 Å². The molecule has 0 spiro atoms. The molecule has 236 valence electrons. The van der Waals surface area contributed by atoms with Gasteiger partial charge in [-0.2, -0.15) is 0 Å². The number of nitrogens with one attached hydrogen (secondary N) is 4. The SMILES string of the molecule is C/C=C\C(=C/CCC)CC(CO)NCC1(C)C=CC(CN(CCNCC2=CC=CCN2)CCNCc2ccccn2)=CC1. The molecule has 5 N–H and O–H groups in total. The zero-order chi connectivity index (χ0) is 30.6. The maximum absolute atomic E-state index is 10.1. The molecule has 7 nitrogen and oxygen atoms in total. The molecule has 0 saturated heterocycles. The van der Waals surface area contributed by atoms with E-state index >= 15 is 0 Å². The summed E-state index contributed by atoms with van der Waals surface area (Å²) in [5.74, 6) is 0. The zero-order valence-corrected chi connectivity index (χ0v) is 26.8. The van der Waals surface area contributed by atoms with Crippen LogP contribution in [0.25, 0.3) is 0 Å². The number of aliphatic hydroxyl groups is 1. The summed E-state index contributed by atoms with van der Waals surface area (Å²) in [5.41, 5.74) is 5.03. The van der Waals surface area contributed by atoms with E-state index in [2.05, 4.69) is 113 Å². The number of nitrogens with zero attached hydrogens (tertiary/aromatic N) is 2. The van der Waals surface area contributed by atoms with Crippen LogP contribution in [0, 0.1) is 5.41 Å². The van der Waals surface area contributed by atoms with Gasteiger partial charge in [0.2, 0.25) is 0 Å². The van der Waals surface area contributed by atoms with Crippen molar-refractivity contribution < 1.29 is 5.11 Å². The first kappa shape index (κ1) is 34.7. The second-order valence-electron chi connectivity index (χ2n) is 12.0. The number of unbranched alkanes of at least 4 members (excludes halogenated alkanes) is 1. The van der Waals surface area contributed by atoms with Gasteiger partial charge >= 0.3 is 0 Å². The summed E-state index contributed by atoms with van der Waals surface area (Å²) in [6.45, 7) is 14.9. The van der Waals surface area contributed by atoms with Crippen LogP contribution in [0.5, 0.6) is 0 Å². The van der Waals surface area contributed by atoms with Crippen LogP contribution in [-0.2, 0) is 6.54 Å². The minimum Gasteiger partial charge on any atom is -0.395 e. The van der Waals surface area contributed by atoms with Crippen LogP contribution in [-0.4, -0.2) is 80.0 Å². The van der Waals surface area contributed by atoms with E-state index in [1.54, 1.807) is 0 Å². The summed E-state index contributed by atoms with van der Waals surface area (Å²) in [5, 5.41) is 24.3. The van der Waals surface area contributed by atoms with E-state index in [9.17, 15) is 5.11 Å². The first-order chi connectivity index (χ1) is 21.0. The third kappa shape index (κ3) is 14.0. The largest absolute Gasteiger partial charge is 0.395 e. The number of pyridine rings is 1. The van der Waals surface area contributed by atoms with Gasteiger partial charge in [-0.05, 0) is 50.0 Å². The molecule has 1 aliphatic carbocycles. The number of allylic oxidation sites excluding steroid dienone is 6. The summed E-state index contributed by atoms with van der Waals surface area (Å²) < 4.78 is 0. The minimum absolute atomic E-state index is 0.0383. The average Bonchev–Trinajstić information content (AvgIpc) is 3.04. The smallest absolute Gasteiger partial charge is 0.0587 e. The lowest BCUT2D eigenvalue weighted by Gasteiger charge is -2.32. The first-order valence-electron chi connectivity index (χ1n) is 16.2. The molecule has 0 bridgehead atoms. The number of aromatic nitrogens is 1. The van der Waals surface area contributed by atoms with E-state index in [4.69, 9.17) is 0 Å². The molecule has 1 aliphatic heterocycles. The Hall–Kier alpha value is -2.81. The lowest BCUT2D eigenvalue weighted by molar-refractivity contribution is 0.229. The monoisotopic (exact) mass is 588 g/mol. The molecule has 2 atom stereocenters. The average molecular weight is 589 g/mol. The van der Waals surface area contributed by atoms with E-state index < -0.39 is 0 Å². The van der Waals surface area contributed by atoms with Gasteiger partial charge in [0, 0.05) is 82.3 Å². The van der Waals surface area contributed by atoms with E-state index in [0.29, 0.717) is 0 Å². The van der Waals surface area contributed by atoms with Gasteiger partial charge in [-0.15, -0.1) is 0 Å². The lowest BCUT2D eigenvalue weighted by Crippen LogP contribution is -2.41. The zero-order valence-electron chi connectivity index (χ0n) is 26.8. The Morgan fingerprint density at radius 1 is 1.21 bits per heavy atom. The van der Waals surface area contributed by atoms with Gasteiger partial charge in [-0.3, -0.25) is 9.88 Å². The molecular weight excluding hydrogens is 532 g/mol. The predicted molar refractivity (Wildman–Crippen MR) is 182 cm³/mol. The number of hydrogen-bond donors (Lipinski definition) is 5. The molecule has 43 heavy (non-hydrogen) atoms. The topological polar surface area (TPSA) is 84.5 Å². The van der Waals surface area contributed by atoms with E-state index in [0.717, 1.165) is 90.3 Å². The number of aliphatic hydroxyl groups excluding tert-OH is 1. The molecule has 2 heterocycles. The fourth-order valence-electron chi connectivity index (χ4n) is 5.25. The molecule has 0 fully saturated rings. The van der Waals surface area contributed by atoms with Crippen molar-refractivity contribution in [2.45, 2.75) is 59.0 Å². The molecule has 0 aromatic carbocycles. The Morgan fingerprint density at radius 2 is 2.05 bits per heavy atom. The summed E-state index contributed by atoms with van der Waals surface area (Å²) in [6, 6.07) is 6.12. The molecule has 0 saturated carbocycles. The summed E-state index contributed by atoms with van der Waals surface area (Å²) >= 11 is 0. The normalized spacial score (nSPS) is 19.5. The van der Waals surface area contributed by atoms with E-state index in [-0.39, 0.29) is 18.1 Å². The quantitative estimate of drug-likeness (QED) is 0.106. The van der Waals surface area contributed by atoms with Crippen LogP contribution in [0.3, 0.4) is 0 Å². The van der Waals surface area contributed by atoms with Gasteiger partial charge < -0.3 is 26.4 Å². The van der Waals surface area contributed by atoms with Crippen LogP contribution >= 0.6 is 0 Å². The third-order valence-electron chi connectivity index (χ3n) is 7.95. The molecular formula is C36H56N6O. The van der Waals surface area contributed by atoms with Gasteiger partial charge in [0.05, 0.1) is 12.3 Å². The third-order valence-corrected chi connectivity index (χ3v) is 7.95. The van der Waals surface area contributed by atoms with Crippen molar-refractivity contribution in [1.82, 2.24) is 31.2 Å². The maximum Gasteiger partial charge on any atom is 0.0587 e. The Kier molecular flexibility index (Phi) is 16.3. The second-order valence-corrected chi connectivity index (χ2v) is 12.0. The van der Waals surface area contributed by atoms with Crippen molar-refractivity contribution in [2.24, 2.45) is 5.41 Å². The molecule has 7 heteroatoms. The highest BCUT2D eigenvalue weighted by Gasteiger charge is 2.24. The summed E-state index contributed by atoms with van der Waals surface area (Å²) in [4.78, 5) is 6.96.